The second kappa shape index (κ2) is 6.39. The average Bonchev–Trinajstić information content (AvgIpc) is 2.64. The first-order chi connectivity index (χ1) is 7.63. The monoisotopic (exact) mass is 243 g/mol. The number of aryl methyl sites for hydroxylation is 1. The van der Waals surface area contributed by atoms with Gasteiger partial charge in [-0.25, -0.2) is 4.98 Å². The molecule has 1 aromatic rings. The van der Waals surface area contributed by atoms with Crippen LogP contribution in [0.1, 0.15) is 11.6 Å². The molecule has 7 heteroatoms. The number of nitrogens with zero attached hydrogens (tertiary/aromatic N) is 3. The molecule has 0 spiro atoms. The second-order valence-corrected chi connectivity index (χ2v) is 3.80. The predicted octanol–water partition coefficient (Wildman–Crippen LogP) is 0.0658. The molecule has 2 N–H and O–H groups in total. The Kier molecular flexibility index (Phi) is 5.13. The molecule has 0 amide bonds. The molecule has 1 aromatic heterocycles. The summed E-state index contributed by atoms with van der Waals surface area (Å²) in [6.45, 7) is 3.79. The lowest BCUT2D eigenvalue weighted by atomic mass is 10.5. The van der Waals surface area contributed by atoms with Crippen LogP contribution in [-0.4, -0.2) is 52.5 Å². The molecule has 0 aliphatic carbocycles. The molecular weight excluding hydrogens is 226 g/mol. The van der Waals surface area contributed by atoms with Crippen molar-refractivity contribution in [2.45, 2.75) is 13.5 Å². The maximum absolute atomic E-state index is 5.19. The topological polar surface area (TPSA) is 66.1 Å². The van der Waals surface area contributed by atoms with E-state index in [0.29, 0.717) is 24.8 Å². The third-order valence-electron chi connectivity index (χ3n) is 1.95. The van der Waals surface area contributed by atoms with Crippen LogP contribution in [0.15, 0.2) is 0 Å². The number of thiocarbonyl (C=S) groups is 1. The number of rotatable bonds is 5. The van der Waals surface area contributed by atoms with Crippen LogP contribution in [0.3, 0.4) is 0 Å². The molecule has 16 heavy (non-hydrogen) atoms. The van der Waals surface area contributed by atoms with Crippen LogP contribution in [0.4, 0.5) is 0 Å². The molecule has 0 unspecified atom stereocenters. The van der Waals surface area contributed by atoms with E-state index >= 15 is 0 Å². The van der Waals surface area contributed by atoms with Crippen molar-refractivity contribution in [3.63, 3.8) is 0 Å². The van der Waals surface area contributed by atoms with Gasteiger partial charge in [0.25, 0.3) is 0 Å². The lowest BCUT2D eigenvalue weighted by Crippen LogP contribution is -2.38. The Morgan fingerprint density at radius 2 is 2.38 bits per heavy atom. The van der Waals surface area contributed by atoms with E-state index in [1.807, 2.05) is 18.9 Å². The quantitative estimate of drug-likeness (QED) is 0.563. The summed E-state index contributed by atoms with van der Waals surface area (Å²) < 4.78 is 4.92. The van der Waals surface area contributed by atoms with Crippen molar-refractivity contribution in [3.8, 4) is 0 Å². The molecule has 0 radical (unpaired) electrons. The van der Waals surface area contributed by atoms with Crippen LogP contribution in [0.25, 0.3) is 0 Å². The van der Waals surface area contributed by atoms with Crippen LogP contribution >= 0.6 is 12.2 Å². The molecule has 6 nitrogen and oxygen atoms in total. The SMILES string of the molecule is COCCNC(=S)N(C)Cc1n[nH]c(C)n1. The summed E-state index contributed by atoms with van der Waals surface area (Å²) in [5, 5.41) is 10.6. The van der Waals surface area contributed by atoms with E-state index in [4.69, 9.17) is 17.0 Å². The number of hydrogen-bond donors (Lipinski definition) is 2. The van der Waals surface area contributed by atoms with Crippen molar-refractivity contribution in [1.29, 1.82) is 0 Å². The first-order valence-electron chi connectivity index (χ1n) is 4.99. The Morgan fingerprint density at radius 3 is 2.94 bits per heavy atom. The van der Waals surface area contributed by atoms with Crippen molar-refractivity contribution < 1.29 is 4.74 Å². The highest BCUT2D eigenvalue weighted by Crippen LogP contribution is 1.96. The van der Waals surface area contributed by atoms with Gasteiger partial charge in [0.15, 0.2) is 10.9 Å². The Morgan fingerprint density at radius 1 is 1.62 bits per heavy atom. The highest BCUT2D eigenvalue weighted by atomic mass is 32.1. The van der Waals surface area contributed by atoms with E-state index in [1.54, 1.807) is 7.11 Å². The maximum atomic E-state index is 5.19. The van der Waals surface area contributed by atoms with Gasteiger partial charge in [-0.15, -0.1) is 0 Å². The predicted molar refractivity (Wildman–Crippen MR) is 65.1 cm³/mol. The molecule has 0 atom stereocenters. The Labute approximate surface area is 100 Å². The minimum absolute atomic E-state index is 0.586. The molecular formula is C9H17N5OS. The van der Waals surface area contributed by atoms with Crippen LogP contribution in [-0.2, 0) is 11.3 Å². The van der Waals surface area contributed by atoms with E-state index in [1.165, 1.54) is 0 Å². The van der Waals surface area contributed by atoms with Gasteiger partial charge in [-0.3, -0.25) is 5.10 Å². The summed E-state index contributed by atoms with van der Waals surface area (Å²) in [4.78, 5) is 6.09. The third kappa shape index (κ3) is 4.11. The van der Waals surface area contributed by atoms with Crippen LogP contribution in [0.2, 0.25) is 0 Å². The van der Waals surface area contributed by atoms with Crippen molar-refractivity contribution in [1.82, 2.24) is 25.4 Å². The van der Waals surface area contributed by atoms with E-state index in [0.717, 1.165) is 11.6 Å². The summed E-state index contributed by atoms with van der Waals surface area (Å²) in [7, 11) is 3.55. The average molecular weight is 243 g/mol. The summed E-state index contributed by atoms with van der Waals surface area (Å²) >= 11 is 5.19. The minimum atomic E-state index is 0.586. The maximum Gasteiger partial charge on any atom is 0.169 e. The molecule has 0 saturated heterocycles. The summed E-state index contributed by atoms with van der Waals surface area (Å²) in [5.41, 5.74) is 0. The van der Waals surface area contributed by atoms with Gasteiger partial charge in [0, 0.05) is 20.7 Å². The second-order valence-electron chi connectivity index (χ2n) is 3.42. The molecule has 0 aromatic carbocycles. The van der Waals surface area contributed by atoms with Crippen molar-refractivity contribution in [2.75, 3.05) is 27.3 Å². The van der Waals surface area contributed by atoms with E-state index < -0.39 is 0 Å². The molecule has 0 bridgehead atoms. The summed E-state index contributed by atoms with van der Waals surface area (Å²) in [6.07, 6.45) is 0. The number of methoxy groups -OCH3 is 1. The van der Waals surface area contributed by atoms with Gasteiger partial charge in [0.1, 0.15) is 5.82 Å². The number of aromatic amines is 1. The van der Waals surface area contributed by atoms with Gasteiger partial charge in [-0.05, 0) is 19.1 Å². The standard InChI is InChI=1S/C9H17N5OS/c1-7-11-8(13-12-7)6-14(2)9(16)10-4-5-15-3/h4-6H2,1-3H3,(H,10,16)(H,11,12,13). The number of hydrogen-bond acceptors (Lipinski definition) is 4. The fraction of sp³-hybridized carbons (Fsp3) is 0.667. The highest BCUT2D eigenvalue weighted by molar-refractivity contribution is 7.80. The van der Waals surface area contributed by atoms with E-state index in [-0.39, 0.29) is 0 Å². The van der Waals surface area contributed by atoms with Crippen molar-refractivity contribution in [3.05, 3.63) is 11.6 Å². The van der Waals surface area contributed by atoms with Gasteiger partial charge in [0.2, 0.25) is 0 Å². The normalized spacial score (nSPS) is 10.2. The zero-order valence-electron chi connectivity index (χ0n) is 9.78. The molecule has 0 aliphatic heterocycles. The Bertz CT molecular complexity index is 340. The molecule has 90 valence electrons. The van der Waals surface area contributed by atoms with Crippen molar-refractivity contribution in [2.24, 2.45) is 0 Å². The molecule has 0 fully saturated rings. The van der Waals surface area contributed by atoms with Crippen LogP contribution < -0.4 is 5.32 Å². The summed E-state index contributed by atoms with van der Waals surface area (Å²) in [6, 6.07) is 0. The Hall–Kier alpha value is -1.21. The molecule has 0 aliphatic rings. The Balaban J connectivity index is 2.34. The van der Waals surface area contributed by atoms with Crippen LogP contribution in [0.5, 0.6) is 0 Å². The molecule has 1 heterocycles. The number of nitrogens with one attached hydrogen (secondary N) is 2. The number of H-pyrrole nitrogens is 1. The fourth-order valence-electron chi connectivity index (χ4n) is 1.14. The fourth-order valence-corrected chi connectivity index (χ4v) is 1.31. The lowest BCUT2D eigenvalue weighted by Gasteiger charge is -2.19. The van der Waals surface area contributed by atoms with Crippen LogP contribution in [0, 0.1) is 6.92 Å². The highest BCUT2D eigenvalue weighted by Gasteiger charge is 2.07. The van der Waals surface area contributed by atoms with Gasteiger partial charge >= 0.3 is 0 Å². The largest absolute Gasteiger partial charge is 0.383 e. The lowest BCUT2D eigenvalue weighted by molar-refractivity contribution is 0.203. The van der Waals surface area contributed by atoms with E-state index in [9.17, 15) is 0 Å². The van der Waals surface area contributed by atoms with Crippen molar-refractivity contribution >= 4 is 17.3 Å². The smallest absolute Gasteiger partial charge is 0.169 e. The van der Waals surface area contributed by atoms with Gasteiger partial charge in [-0.1, -0.05) is 0 Å². The zero-order chi connectivity index (χ0) is 12.0. The molecule has 1 rings (SSSR count). The molecule has 0 saturated carbocycles. The minimum Gasteiger partial charge on any atom is -0.383 e. The summed E-state index contributed by atoms with van der Waals surface area (Å²) in [5.74, 6) is 1.54. The zero-order valence-corrected chi connectivity index (χ0v) is 10.6. The number of ether oxygens (including phenoxy) is 1. The number of aromatic nitrogens is 3. The first kappa shape index (κ1) is 12.9. The first-order valence-corrected chi connectivity index (χ1v) is 5.40. The van der Waals surface area contributed by atoms with E-state index in [2.05, 4.69) is 20.5 Å². The van der Waals surface area contributed by atoms with Gasteiger partial charge in [0.05, 0.1) is 13.2 Å². The third-order valence-corrected chi connectivity index (χ3v) is 2.41. The van der Waals surface area contributed by atoms with Gasteiger partial charge < -0.3 is 15.0 Å². The van der Waals surface area contributed by atoms with Gasteiger partial charge in [-0.2, -0.15) is 5.10 Å².